The molecule has 0 spiro atoms. The first-order chi connectivity index (χ1) is 3.12. The molecule has 0 amide bonds. The van der Waals surface area contributed by atoms with Crippen LogP contribution in [0.2, 0.25) is 0 Å². The van der Waals surface area contributed by atoms with Crippen LogP contribution in [0.1, 0.15) is 13.8 Å². The highest BCUT2D eigenvalue weighted by molar-refractivity contribution is 7.59. The summed E-state index contributed by atoms with van der Waals surface area (Å²) in [6.45, 7) is 4.18. The summed E-state index contributed by atoms with van der Waals surface area (Å²) in [4.78, 5) is 0. The van der Waals surface area contributed by atoms with Gasteiger partial charge in [-0.1, -0.05) is 19.3 Å². The summed E-state index contributed by atoms with van der Waals surface area (Å²) < 4.78 is 0. The zero-order valence-corrected chi connectivity index (χ0v) is 6.36. The molecule has 0 saturated carbocycles. The lowest BCUT2D eigenvalue weighted by Crippen LogP contribution is -2.18. The summed E-state index contributed by atoms with van der Waals surface area (Å²) in [5.41, 5.74) is 0.213. The molecule has 0 heterocycles. The van der Waals surface area contributed by atoms with Gasteiger partial charge in [-0.05, 0) is 0 Å². The first-order valence-corrected chi connectivity index (χ1v) is 3.44. The highest BCUT2D eigenvalue weighted by Crippen LogP contribution is 2.11. The number of hydrogen-bond donors (Lipinski definition) is 0. The Bertz CT molecular complexity index is 44.0. The third kappa shape index (κ3) is 3.30. The van der Waals surface area contributed by atoms with E-state index in [0.29, 0.717) is 0 Å². The minimum atomic E-state index is 0.213. The zero-order valence-electron chi connectivity index (χ0n) is 4.73. The van der Waals surface area contributed by atoms with Crippen molar-refractivity contribution in [2.24, 2.45) is 5.41 Å². The molecular weight excluding hydrogens is 124 g/mol. The van der Waals surface area contributed by atoms with Gasteiger partial charge in [-0.2, -0.15) is 11.5 Å². The fraction of sp³-hybridized carbons (Fsp3) is 1.00. The van der Waals surface area contributed by atoms with Crippen LogP contribution >= 0.6 is 0 Å². The lowest BCUT2D eigenvalue weighted by molar-refractivity contribution is 0.494. The van der Waals surface area contributed by atoms with Gasteiger partial charge in [0.25, 0.3) is 0 Å². The number of hydrogen-bond acceptors (Lipinski definition) is 2. The summed E-state index contributed by atoms with van der Waals surface area (Å²) in [5, 5.41) is 0. The fourth-order valence-electron chi connectivity index (χ4n) is 0.0417. The maximum absolute atomic E-state index is 4.82. The van der Waals surface area contributed by atoms with Crippen molar-refractivity contribution in [1.82, 2.24) is 0 Å². The Hall–Kier alpha value is 0.700. The van der Waals surface area contributed by atoms with Crippen molar-refractivity contribution in [3.05, 3.63) is 0 Å². The van der Waals surface area contributed by atoms with Gasteiger partial charge in [0, 0.05) is 0 Å². The quantitative estimate of drug-likeness (QED) is 0.519. The lowest BCUT2D eigenvalue weighted by Gasteiger charge is -2.31. The van der Waals surface area contributed by atoms with E-state index in [4.69, 9.17) is 25.3 Å². The van der Waals surface area contributed by atoms with E-state index in [0.717, 1.165) is 11.5 Å². The summed E-state index contributed by atoms with van der Waals surface area (Å²) in [6, 6.07) is 0. The van der Waals surface area contributed by atoms with Gasteiger partial charge in [-0.3, -0.25) is 0 Å². The summed E-state index contributed by atoms with van der Waals surface area (Å²) in [7, 11) is 0. The molecule has 0 aromatic heterocycles. The highest BCUT2D eigenvalue weighted by atomic mass is 32.1. The van der Waals surface area contributed by atoms with Gasteiger partial charge in [0.15, 0.2) is 0 Å². The number of rotatable bonds is 2. The molecule has 0 unspecified atom stereocenters. The van der Waals surface area contributed by atoms with Crippen LogP contribution in [0.3, 0.4) is 0 Å². The summed E-state index contributed by atoms with van der Waals surface area (Å²) >= 11 is 9.64. The van der Waals surface area contributed by atoms with Crippen LogP contribution in [-0.4, -0.2) is 11.5 Å². The van der Waals surface area contributed by atoms with Crippen LogP contribution in [-0.2, 0) is 25.3 Å². The van der Waals surface area contributed by atoms with Crippen LogP contribution in [0.15, 0.2) is 0 Å². The topological polar surface area (TPSA) is 0 Å². The molecule has 44 valence electrons. The van der Waals surface area contributed by atoms with Crippen molar-refractivity contribution >= 4 is 25.3 Å². The van der Waals surface area contributed by atoms with Crippen molar-refractivity contribution in [2.45, 2.75) is 13.8 Å². The van der Waals surface area contributed by atoms with E-state index in [9.17, 15) is 0 Å². The second-order valence-corrected chi connectivity index (χ2v) is 3.03. The SMILES string of the molecule is CC(C)(C[S-])C[S-]. The Morgan fingerprint density at radius 2 is 1.43 bits per heavy atom. The monoisotopic (exact) mass is 134 g/mol. The van der Waals surface area contributed by atoms with E-state index in [1.165, 1.54) is 0 Å². The Morgan fingerprint density at radius 3 is 1.43 bits per heavy atom. The molecule has 0 atom stereocenters. The third-order valence-electron chi connectivity index (χ3n) is 0.781. The van der Waals surface area contributed by atoms with Crippen molar-refractivity contribution in [2.75, 3.05) is 11.5 Å². The van der Waals surface area contributed by atoms with Crippen LogP contribution in [0.25, 0.3) is 0 Å². The van der Waals surface area contributed by atoms with Gasteiger partial charge in [0.05, 0.1) is 0 Å². The normalized spacial score (nSPS) is 12.0. The van der Waals surface area contributed by atoms with Gasteiger partial charge in [-0.25, -0.2) is 0 Å². The second kappa shape index (κ2) is 2.88. The zero-order chi connectivity index (χ0) is 5.91. The molecule has 0 saturated heterocycles. The highest BCUT2D eigenvalue weighted by Gasteiger charge is 2.00. The third-order valence-corrected chi connectivity index (χ3v) is 2.34. The molecule has 0 rings (SSSR count). The van der Waals surface area contributed by atoms with Crippen molar-refractivity contribution in [3.8, 4) is 0 Å². The van der Waals surface area contributed by atoms with E-state index in [-0.39, 0.29) is 5.41 Å². The largest absolute Gasteiger partial charge is 0.792 e. The van der Waals surface area contributed by atoms with Crippen LogP contribution < -0.4 is 0 Å². The molecule has 0 aromatic rings. The molecule has 0 bridgehead atoms. The van der Waals surface area contributed by atoms with Crippen molar-refractivity contribution in [1.29, 1.82) is 0 Å². The van der Waals surface area contributed by atoms with Crippen LogP contribution in [0.5, 0.6) is 0 Å². The van der Waals surface area contributed by atoms with Crippen LogP contribution in [0, 0.1) is 5.41 Å². The maximum atomic E-state index is 4.82. The smallest absolute Gasteiger partial charge is 0.0636 e. The first-order valence-electron chi connectivity index (χ1n) is 2.28. The molecular formula is C5H10S2-2. The molecule has 0 radical (unpaired) electrons. The molecule has 0 aromatic carbocycles. The molecule has 0 fully saturated rings. The van der Waals surface area contributed by atoms with Gasteiger partial charge < -0.3 is 25.3 Å². The molecule has 0 aliphatic rings. The van der Waals surface area contributed by atoms with E-state index in [2.05, 4.69) is 13.8 Å². The van der Waals surface area contributed by atoms with Gasteiger partial charge in [0.1, 0.15) is 0 Å². The predicted octanol–water partition coefficient (Wildman–Crippen LogP) is 1.11. The standard InChI is InChI=1S/C5H12S2/c1-5(2,3-6)4-7/h6-7H,3-4H2,1-2H3/p-2. The van der Waals surface area contributed by atoms with E-state index >= 15 is 0 Å². The van der Waals surface area contributed by atoms with Gasteiger partial charge >= 0.3 is 0 Å². The first kappa shape index (κ1) is 7.70. The summed E-state index contributed by atoms with van der Waals surface area (Å²) in [6.07, 6.45) is 0. The Morgan fingerprint density at radius 1 is 1.14 bits per heavy atom. The molecule has 7 heavy (non-hydrogen) atoms. The molecule has 0 N–H and O–H groups in total. The summed E-state index contributed by atoms with van der Waals surface area (Å²) in [5.74, 6) is 1.55. The minimum absolute atomic E-state index is 0.213. The van der Waals surface area contributed by atoms with Gasteiger partial charge in [-0.15, -0.1) is 0 Å². The Balaban J connectivity index is 3.36. The lowest BCUT2D eigenvalue weighted by atomic mass is 10.0. The average Bonchev–Trinajstić information content (AvgIpc) is 1.68. The molecule has 0 aliphatic heterocycles. The molecule has 0 nitrogen and oxygen atoms in total. The van der Waals surface area contributed by atoms with Crippen LogP contribution in [0.4, 0.5) is 0 Å². The fourth-order valence-corrected chi connectivity index (χ4v) is 0.375. The maximum Gasteiger partial charge on any atom is -0.0636 e. The minimum Gasteiger partial charge on any atom is -0.792 e. The Kier molecular flexibility index (Phi) is 3.16. The predicted molar refractivity (Wildman–Crippen MR) is 38.2 cm³/mol. The van der Waals surface area contributed by atoms with E-state index in [1.54, 1.807) is 0 Å². The molecule has 0 aliphatic carbocycles. The second-order valence-electron chi connectivity index (χ2n) is 2.45. The average molecular weight is 134 g/mol. The Labute approximate surface area is 56.5 Å². The molecule has 2 heteroatoms. The van der Waals surface area contributed by atoms with E-state index in [1.807, 2.05) is 0 Å². The van der Waals surface area contributed by atoms with Gasteiger partial charge in [0.2, 0.25) is 0 Å². The van der Waals surface area contributed by atoms with Crippen molar-refractivity contribution < 1.29 is 0 Å². The van der Waals surface area contributed by atoms with E-state index < -0.39 is 0 Å². The van der Waals surface area contributed by atoms with Crippen molar-refractivity contribution in [3.63, 3.8) is 0 Å².